The number of methoxy groups -OCH3 is 1. The van der Waals surface area contributed by atoms with Crippen LogP contribution in [-0.2, 0) is 9.53 Å². The number of thiazole rings is 1. The first-order chi connectivity index (χ1) is 8.60. The van der Waals surface area contributed by atoms with Crippen molar-refractivity contribution in [3.63, 3.8) is 0 Å². The van der Waals surface area contributed by atoms with Gasteiger partial charge < -0.3 is 15.4 Å². The van der Waals surface area contributed by atoms with E-state index in [2.05, 4.69) is 20.4 Å². The topological polar surface area (TPSA) is 80.3 Å². The highest BCUT2D eigenvalue weighted by Gasteiger charge is 2.25. The standard InChI is InChI=1S/C11H15N3O3S/c1-6(9(15)14-7-3-4-7)13-11-12-5-8(18-11)10(16)17-2/h5-7H,3-4H2,1-2H3,(H,12,13)(H,14,15). The Kier molecular flexibility index (Phi) is 3.81. The Morgan fingerprint density at radius 1 is 1.56 bits per heavy atom. The van der Waals surface area contributed by atoms with Crippen molar-refractivity contribution in [2.45, 2.75) is 31.8 Å². The van der Waals surface area contributed by atoms with E-state index in [0.717, 1.165) is 12.8 Å². The molecule has 1 aromatic heterocycles. The quantitative estimate of drug-likeness (QED) is 0.780. The average Bonchev–Trinajstić information content (AvgIpc) is 3.04. The van der Waals surface area contributed by atoms with E-state index in [9.17, 15) is 9.59 Å². The Balaban J connectivity index is 1.89. The summed E-state index contributed by atoms with van der Waals surface area (Å²) in [6, 6.07) is -0.0362. The summed E-state index contributed by atoms with van der Waals surface area (Å²) in [6.45, 7) is 1.76. The molecule has 18 heavy (non-hydrogen) atoms. The molecule has 1 amide bonds. The van der Waals surface area contributed by atoms with Gasteiger partial charge in [-0.25, -0.2) is 9.78 Å². The van der Waals surface area contributed by atoms with Gasteiger partial charge >= 0.3 is 5.97 Å². The first-order valence-electron chi connectivity index (χ1n) is 5.71. The summed E-state index contributed by atoms with van der Waals surface area (Å²) in [5.41, 5.74) is 0. The van der Waals surface area contributed by atoms with Gasteiger partial charge in [-0.1, -0.05) is 11.3 Å². The van der Waals surface area contributed by atoms with E-state index in [4.69, 9.17) is 0 Å². The lowest BCUT2D eigenvalue weighted by molar-refractivity contribution is -0.121. The van der Waals surface area contributed by atoms with Gasteiger partial charge in [0, 0.05) is 6.04 Å². The molecule has 2 rings (SSSR count). The SMILES string of the molecule is COC(=O)c1cnc(NC(C)C(=O)NC2CC2)s1. The first-order valence-corrected chi connectivity index (χ1v) is 6.53. The van der Waals surface area contributed by atoms with Crippen molar-refractivity contribution in [1.29, 1.82) is 0 Å². The second-order valence-corrected chi connectivity index (χ2v) is 5.20. The molecule has 1 fully saturated rings. The minimum Gasteiger partial charge on any atom is -0.465 e. The van der Waals surface area contributed by atoms with Crippen molar-refractivity contribution in [3.05, 3.63) is 11.1 Å². The smallest absolute Gasteiger partial charge is 0.349 e. The number of aromatic nitrogens is 1. The number of carbonyl (C=O) groups excluding carboxylic acids is 2. The predicted molar refractivity (Wildman–Crippen MR) is 67.7 cm³/mol. The summed E-state index contributed by atoms with van der Waals surface area (Å²) < 4.78 is 4.59. The van der Waals surface area contributed by atoms with E-state index in [0.29, 0.717) is 16.1 Å². The molecule has 0 bridgehead atoms. The lowest BCUT2D eigenvalue weighted by atomic mass is 10.3. The monoisotopic (exact) mass is 269 g/mol. The van der Waals surface area contributed by atoms with Gasteiger partial charge in [0.05, 0.1) is 13.3 Å². The van der Waals surface area contributed by atoms with Crippen LogP contribution in [0.3, 0.4) is 0 Å². The lowest BCUT2D eigenvalue weighted by Crippen LogP contribution is -2.38. The Morgan fingerprint density at radius 3 is 2.89 bits per heavy atom. The molecule has 0 aliphatic heterocycles. The van der Waals surface area contributed by atoms with Crippen LogP contribution in [-0.4, -0.2) is 36.1 Å². The van der Waals surface area contributed by atoms with E-state index in [1.54, 1.807) is 6.92 Å². The van der Waals surface area contributed by atoms with Gasteiger partial charge in [0.25, 0.3) is 0 Å². The molecule has 2 N–H and O–H groups in total. The molecule has 1 aliphatic rings. The van der Waals surface area contributed by atoms with Crippen molar-refractivity contribution in [2.24, 2.45) is 0 Å². The summed E-state index contributed by atoms with van der Waals surface area (Å²) >= 11 is 1.17. The third-order valence-electron chi connectivity index (χ3n) is 2.55. The van der Waals surface area contributed by atoms with Crippen molar-refractivity contribution in [1.82, 2.24) is 10.3 Å². The second kappa shape index (κ2) is 5.34. The molecule has 1 aliphatic carbocycles. The molecular weight excluding hydrogens is 254 g/mol. The zero-order chi connectivity index (χ0) is 13.1. The van der Waals surface area contributed by atoms with Crippen molar-refractivity contribution >= 4 is 28.3 Å². The highest BCUT2D eigenvalue weighted by atomic mass is 32.1. The highest BCUT2D eigenvalue weighted by Crippen LogP contribution is 2.21. The zero-order valence-corrected chi connectivity index (χ0v) is 11.0. The number of amides is 1. The number of rotatable bonds is 5. The maximum Gasteiger partial charge on any atom is 0.349 e. The normalized spacial score (nSPS) is 15.9. The van der Waals surface area contributed by atoms with Crippen LogP contribution in [0.15, 0.2) is 6.20 Å². The summed E-state index contributed by atoms with van der Waals surface area (Å²) in [7, 11) is 1.32. The number of anilines is 1. The molecule has 1 atom stereocenters. The van der Waals surface area contributed by atoms with Crippen LogP contribution >= 0.6 is 11.3 Å². The average molecular weight is 269 g/mol. The maximum absolute atomic E-state index is 11.7. The fourth-order valence-corrected chi connectivity index (χ4v) is 2.16. The summed E-state index contributed by atoms with van der Waals surface area (Å²) in [4.78, 5) is 27.4. The third kappa shape index (κ3) is 3.19. The number of nitrogens with one attached hydrogen (secondary N) is 2. The number of hydrogen-bond acceptors (Lipinski definition) is 6. The van der Waals surface area contributed by atoms with Crippen LogP contribution in [0, 0.1) is 0 Å². The molecule has 1 heterocycles. The van der Waals surface area contributed by atoms with Crippen molar-refractivity contribution in [2.75, 3.05) is 12.4 Å². The van der Waals surface area contributed by atoms with E-state index >= 15 is 0 Å². The van der Waals surface area contributed by atoms with Gasteiger partial charge in [0.15, 0.2) is 5.13 Å². The van der Waals surface area contributed by atoms with Gasteiger partial charge in [-0.05, 0) is 19.8 Å². The molecule has 0 saturated heterocycles. The molecule has 98 valence electrons. The molecule has 0 spiro atoms. The Labute approximate surface area is 109 Å². The summed E-state index contributed by atoms with van der Waals surface area (Å²) in [5, 5.41) is 6.40. The fraction of sp³-hybridized carbons (Fsp3) is 0.545. The van der Waals surface area contributed by atoms with Crippen molar-refractivity contribution in [3.8, 4) is 0 Å². The Morgan fingerprint density at radius 2 is 2.28 bits per heavy atom. The van der Waals surface area contributed by atoms with Gasteiger partial charge in [0.1, 0.15) is 10.9 Å². The summed E-state index contributed by atoms with van der Waals surface area (Å²) in [5.74, 6) is -0.469. The van der Waals surface area contributed by atoms with E-state index < -0.39 is 5.97 Å². The molecule has 6 nitrogen and oxygen atoms in total. The van der Waals surface area contributed by atoms with Crippen LogP contribution in [0.5, 0.6) is 0 Å². The Hall–Kier alpha value is -1.63. The summed E-state index contributed by atoms with van der Waals surface area (Å²) in [6.07, 6.45) is 3.55. The minimum absolute atomic E-state index is 0.0488. The third-order valence-corrected chi connectivity index (χ3v) is 3.46. The predicted octanol–water partition coefficient (Wildman–Crippen LogP) is 1.01. The van der Waals surface area contributed by atoms with Crippen LogP contribution in [0.1, 0.15) is 29.4 Å². The van der Waals surface area contributed by atoms with E-state index in [1.807, 2.05) is 0 Å². The van der Waals surface area contributed by atoms with Crippen LogP contribution < -0.4 is 10.6 Å². The maximum atomic E-state index is 11.7. The van der Waals surface area contributed by atoms with Gasteiger partial charge in [-0.2, -0.15) is 0 Å². The number of esters is 1. The van der Waals surface area contributed by atoms with Crippen LogP contribution in [0.4, 0.5) is 5.13 Å². The fourth-order valence-electron chi connectivity index (χ4n) is 1.34. The van der Waals surface area contributed by atoms with Crippen molar-refractivity contribution < 1.29 is 14.3 Å². The molecule has 1 aromatic rings. The molecule has 0 aromatic carbocycles. The van der Waals surface area contributed by atoms with Crippen LogP contribution in [0.25, 0.3) is 0 Å². The number of ether oxygens (including phenoxy) is 1. The van der Waals surface area contributed by atoms with E-state index in [1.165, 1.54) is 24.6 Å². The number of nitrogens with zero attached hydrogens (tertiary/aromatic N) is 1. The molecular formula is C11H15N3O3S. The Bertz CT molecular complexity index is 456. The molecule has 7 heteroatoms. The largest absolute Gasteiger partial charge is 0.465 e. The minimum atomic E-state index is -0.421. The first kappa shape index (κ1) is 12.8. The zero-order valence-electron chi connectivity index (χ0n) is 10.2. The van der Waals surface area contributed by atoms with Gasteiger partial charge in [-0.15, -0.1) is 0 Å². The lowest BCUT2D eigenvalue weighted by Gasteiger charge is -2.12. The molecule has 1 unspecified atom stereocenters. The molecule has 1 saturated carbocycles. The van der Waals surface area contributed by atoms with Gasteiger partial charge in [0.2, 0.25) is 5.91 Å². The second-order valence-electron chi connectivity index (χ2n) is 4.17. The molecule has 0 radical (unpaired) electrons. The number of carbonyl (C=O) groups is 2. The van der Waals surface area contributed by atoms with Gasteiger partial charge in [-0.3, -0.25) is 4.79 Å². The van der Waals surface area contributed by atoms with Crippen LogP contribution in [0.2, 0.25) is 0 Å². The highest BCUT2D eigenvalue weighted by molar-refractivity contribution is 7.17. The number of hydrogen-bond donors (Lipinski definition) is 2. The van der Waals surface area contributed by atoms with E-state index in [-0.39, 0.29) is 11.9 Å².